The van der Waals surface area contributed by atoms with E-state index in [1.165, 1.54) is 18.1 Å². The molecule has 0 spiro atoms. The maximum Gasteiger partial charge on any atom is 0.348 e. The number of urea groups is 1. The normalized spacial score (nSPS) is 12.7. The first-order valence-electron chi connectivity index (χ1n) is 10.8. The number of hydrogen-bond donors (Lipinski definition) is 1. The van der Waals surface area contributed by atoms with Gasteiger partial charge in [0, 0.05) is 18.7 Å². The molecular weight excluding hydrogens is 442 g/mol. The summed E-state index contributed by atoms with van der Waals surface area (Å²) in [5, 5.41) is 9.33. The molecule has 34 heavy (non-hydrogen) atoms. The predicted octanol–water partition coefficient (Wildman–Crippen LogP) is 4.99. The molecule has 0 aromatic heterocycles. The lowest BCUT2D eigenvalue weighted by molar-refractivity contribution is -0.136. The molecule has 1 aliphatic heterocycles. The average Bonchev–Trinajstić information content (AvgIpc) is 2.84. The van der Waals surface area contributed by atoms with Gasteiger partial charge in [0.2, 0.25) is 0 Å². The molecule has 0 atom stereocenters. The van der Waals surface area contributed by atoms with Crippen LogP contribution in [0.3, 0.4) is 0 Å². The number of carboxylic acids is 1. The second kappa shape index (κ2) is 9.91. The van der Waals surface area contributed by atoms with Crippen molar-refractivity contribution in [3.63, 3.8) is 0 Å². The number of methoxy groups -OCH3 is 1. The highest BCUT2D eigenvalue weighted by atomic mass is 19.2. The molecule has 0 unspecified atom stereocenters. The number of ether oxygens (including phenoxy) is 1. The molecule has 2 amide bonds. The zero-order valence-electron chi connectivity index (χ0n) is 18.6. The van der Waals surface area contributed by atoms with E-state index in [9.17, 15) is 23.6 Å². The molecule has 6 nitrogen and oxygen atoms in total. The Bertz CT molecular complexity index is 1220. The topological polar surface area (TPSA) is 70.1 Å². The molecule has 176 valence electrons. The molecule has 0 saturated heterocycles. The Labute approximate surface area is 195 Å². The van der Waals surface area contributed by atoms with Gasteiger partial charge >= 0.3 is 12.0 Å². The summed E-state index contributed by atoms with van der Waals surface area (Å²) in [6.07, 6.45) is 0.0539. The number of amides is 2. The maximum absolute atomic E-state index is 14.7. The minimum Gasteiger partial charge on any atom is -0.496 e. The van der Waals surface area contributed by atoms with Crippen LogP contribution in [0.5, 0.6) is 5.75 Å². The smallest absolute Gasteiger partial charge is 0.348 e. The average molecular weight is 466 g/mol. The number of nitrogens with zero attached hydrogens (tertiary/aromatic N) is 2. The van der Waals surface area contributed by atoms with Crippen molar-refractivity contribution in [2.45, 2.75) is 25.9 Å². The summed E-state index contributed by atoms with van der Waals surface area (Å²) < 4.78 is 34.9. The summed E-state index contributed by atoms with van der Waals surface area (Å²) in [7, 11) is 1.49. The Morgan fingerprint density at radius 2 is 1.79 bits per heavy atom. The molecule has 0 fully saturated rings. The summed E-state index contributed by atoms with van der Waals surface area (Å²) in [5.41, 5.74) is 3.43. The molecule has 1 heterocycles. The van der Waals surface area contributed by atoms with Crippen molar-refractivity contribution in [2.75, 3.05) is 13.7 Å². The third-order valence-corrected chi connectivity index (χ3v) is 5.91. The van der Waals surface area contributed by atoms with Crippen molar-refractivity contribution >= 4 is 12.0 Å². The second-order valence-electron chi connectivity index (χ2n) is 8.12. The van der Waals surface area contributed by atoms with E-state index in [4.69, 9.17) is 4.74 Å². The Morgan fingerprint density at radius 3 is 2.50 bits per heavy atom. The molecule has 3 aromatic carbocycles. The molecule has 0 aliphatic carbocycles. The number of hydrogen-bond acceptors (Lipinski definition) is 3. The number of carbonyl (C=O) groups is 2. The van der Waals surface area contributed by atoms with Gasteiger partial charge in [0.05, 0.1) is 20.1 Å². The SMILES string of the molecule is COc1ccc(CC(=O)O)cc1-c1ccc(F)c2c1CN(C(=O)N(F)Cc1ccccc1)CC2. The molecule has 1 aliphatic rings. The van der Waals surface area contributed by atoms with Crippen LogP contribution in [-0.4, -0.2) is 40.8 Å². The molecular formula is C26H24F2N2O4. The van der Waals surface area contributed by atoms with Gasteiger partial charge in [-0.05, 0) is 52.4 Å². The summed E-state index contributed by atoms with van der Waals surface area (Å²) in [6, 6.07) is 16.0. The summed E-state index contributed by atoms with van der Waals surface area (Å²) in [4.78, 5) is 25.4. The first kappa shape index (κ1) is 23.2. The molecule has 3 aromatic rings. The van der Waals surface area contributed by atoms with E-state index < -0.39 is 17.8 Å². The zero-order chi connectivity index (χ0) is 24.2. The lowest BCUT2D eigenvalue weighted by atomic mass is 9.89. The van der Waals surface area contributed by atoms with Crippen molar-refractivity contribution in [2.24, 2.45) is 0 Å². The van der Waals surface area contributed by atoms with E-state index in [1.807, 2.05) is 6.07 Å². The fourth-order valence-electron chi connectivity index (χ4n) is 4.26. The minimum absolute atomic E-state index is 0.0166. The number of aliphatic carboxylic acids is 1. The van der Waals surface area contributed by atoms with Gasteiger partial charge in [-0.3, -0.25) is 4.79 Å². The molecule has 0 saturated carbocycles. The predicted molar refractivity (Wildman–Crippen MR) is 122 cm³/mol. The first-order valence-corrected chi connectivity index (χ1v) is 10.8. The van der Waals surface area contributed by atoms with Crippen molar-refractivity contribution in [1.82, 2.24) is 10.0 Å². The third-order valence-electron chi connectivity index (χ3n) is 5.91. The van der Waals surface area contributed by atoms with Crippen molar-refractivity contribution in [3.8, 4) is 16.9 Å². The Kier molecular flexibility index (Phi) is 6.77. The van der Waals surface area contributed by atoms with Crippen molar-refractivity contribution in [3.05, 3.63) is 88.7 Å². The van der Waals surface area contributed by atoms with E-state index >= 15 is 0 Å². The largest absolute Gasteiger partial charge is 0.496 e. The van der Waals surface area contributed by atoms with Gasteiger partial charge in [-0.25, -0.2) is 9.18 Å². The van der Waals surface area contributed by atoms with Gasteiger partial charge in [-0.1, -0.05) is 46.9 Å². The van der Waals surface area contributed by atoms with Crippen LogP contribution in [-0.2, 0) is 30.7 Å². The lowest BCUT2D eigenvalue weighted by Gasteiger charge is -2.32. The second-order valence-corrected chi connectivity index (χ2v) is 8.12. The highest BCUT2D eigenvalue weighted by Crippen LogP contribution is 2.38. The van der Waals surface area contributed by atoms with Crippen LogP contribution in [0.25, 0.3) is 11.1 Å². The minimum atomic E-state index is -0.976. The summed E-state index contributed by atoms with van der Waals surface area (Å²) in [5.74, 6) is -0.883. The molecule has 0 bridgehead atoms. The Morgan fingerprint density at radius 1 is 1.03 bits per heavy atom. The van der Waals surface area contributed by atoms with E-state index in [0.29, 0.717) is 39.1 Å². The van der Waals surface area contributed by atoms with E-state index in [0.717, 1.165) is 0 Å². The Balaban J connectivity index is 1.66. The van der Waals surface area contributed by atoms with Crippen LogP contribution in [0.4, 0.5) is 13.7 Å². The number of fused-ring (bicyclic) bond motifs is 1. The lowest BCUT2D eigenvalue weighted by Crippen LogP contribution is -2.42. The molecule has 1 N–H and O–H groups in total. The highest BCUT2D eigenvalue weighted by molar-refractivity contribution is 5.79. The van der Waals surface area contributed by atoms with E-state index in [1.54, 1.807) is 48.5 Å². The standard InChI is InChI=1S/C26H24F2N2O4/c1-34-24-10-7-18(14-25(31)32)13-21(24)19-8-9-23(27)20-11-12-29(16-22(19)20)26(33)30(28)15-17-5-3-2-4-6-17/h2-10,13H,11-12,14-16H2,1H3,(H,31,32). The number of rotatable bonds is 6. The van der Waals surface area contributed by atoms with E-state index in [-0.39, 0.29) is 37.6 Å². The van der Waals surface area contributed by atoms with Crippen LogP contribution in [0, 0.1) is 5.82 Å². The fourth-order valence-corrected chi connectivity index (χ4v) is 4.26. The van der Waals surface area contributed by atoms with Gasteiger partial charge in [-0.2, -0.15) is 5.12 Å². The Hall–Kier alpha value is -3.94. The maximum atomic E-state index is 14.7. The van der Waals surface area contributed by atoms with Crippen LogP contribution in [0.1, 0.15) is 22.3 Å². The quantitative estimate of drug-likeness (QED) is 0.520. The van der Waals surface area contributed by atoms with Gasteiger partial charge in [0.15, 0.2) is 0 Å². The van der Waals surface area contributed by atoms with Crippen LogP contribution >= 0.6 is 0 Å². The van der Waals surface area contributed by atoms with Crippen molar-refractivity contribution in [1.29, 1.82) is 0 Å². The zero-order valence-corrected chi connectivity index (χ0v) is 18.6. The van der Waals surface area contributed by atoms with E-state index in [2.05, 4.69) is 0 Å². The van der Waals surface area contributed by atoms with Gasteiger partial charge in [-0.15, -0.1) is 0 Å². The summed E-state index contributed by atoms with van der Waals surface area (Å²) >= 11 is 0. The molecule has 4 rings (SSSR count). The third kappa shape index (κ3) is 4.85. The van der Waals surface area contributed by atoms with Crippen molar-refractivity contribution < 1.29 is 28.3 Å². The number of halogens is 2. The fraction of sp³-hybridized carbons (Fsp3) is 0.231. The van der Waals surface area contributed by atoms with Crippen LogP contribution < -0.4 is 4.74 Å². The van der Waals surface area contributed by atoms with Gasteiger partial charge < -0.3 is 14.7 Å². The van der Waals surface area contributed by atoms with Crippen LogP contribution in [0.15, 0.2) is 60.7 Å². The number of carbonyl (C=O) groups excluding carboxylic acids is 1. The number of carboxylic acid groups (broad SMARTS) is 1. The molecule has 8 heteroatoms. The number of benzene rings is 3. The first-order chi connectivity index (χ1) is 16.4. The van der Waals surface area contributed by atoms with Gasteiger partial charge in [0.1, 0.15) is 11.6 Å². The van der Waals surface area contributed by atoms with Gasteiger partial charge in [0.25, 0.3) is 0 Å². The summed E-state index contributed by atoms with van der Waals surface area (Å²) in [6.45, 7) is 0.00445. The highest BCUT2D eigenvalue weighted by Gasteiger charge is 2.29. The molecule has 0 radical (unpaired) electrons. The monoisotopic (exact) mass is 466 g/mol. The van der Waals surface area contributed by atoms with Crippen LogP contribution in [0.2, 0.25) is 0 Å².